The lowest BCUT2D eigenvalue weighted by Crippen LogP contribution is -2.45. The predicted molar refractivity (Wildman–Crippen MR) is 85.9 cm³/mol. The van der Waals surface area contributed by atoms with Crippen LogP contribution in [0.2, 0.25) is 0 Å². The monoisotopic (exact) mass is 344 g/mol. The molecular weight excluding hydrogens is 328 g/mol. The highest BCUT2D eigenvalue weighted by atomic mass is 35.5. The maximum absolute atomic E-state index is 12.4. The summed E-state index contributed by atoms with van der Waals surface area (Å²) in [5.74, 6) is 0. The van der Waals surface area contributed by atoms with Gasteiger partial charge in [-0.15, -0.1) is 12.4 Å². The second kappa shape index (κ2) is 6.78. The van der Waals surface area contributed by atoms with E-state index in [1.54, 1.807) is 6.07 Å². The Morgan fingerprint density at radius 2 is 2.05 bits per heavy atom. The van der Waals surface area contributed by atoms with E-state index in [-0.39, 0.29) is 23.3 Å². The van der Waals surface area contributed by atoms with Crippen molar-refractivity contribution in [3.05, 3.63) is 40.8 Å². The van der Waals surface area contributed by atoms with Gasteiger partial charge in [0.2, 0.25) is 10.0 Å². The first-order valence-electron chi connectivity index (χ1n) is 6.81. The summed E-state index contributed by atoms with van der Waals surface area (Å²) in [7, 11) is -3.57. The van der Waals surface area contributed by atoms with Gasteiger partial charge in [0.15, 0.2) is 0 Å². The highest BCUT2D eigenvalue weighted by Gasteiger charge is 2.21. The lowest BCUT2D eigenvalue weighted by molar-refractivity contribution is 0.428. The normalized spacial score (nSPS) is 18.8. The summed E-state index contributed by atoms with van der Waals surface area (Å²) in [4.78, 5) is 11.3. The summed E-state index contributed by atoms with van der Waals surface area (Å²) in [6.07, 6.45) is 1.78. The third-order valence-electron chi connectivity index (χ3n) is 3.52. The SMILES string of the molecule is Cl.O=c1ccc2cc(S(=O)(=O)N[C@@H]3CCCNC3)ccc2o1. The van der Waals surface area contributed by atoms with Crippen molar-refractivity contribution in [3.63, 3.8) is 0 Å². The number of sulfonamides is 1. The van der Waals surface area contributed by atoms with Gasteiger partial charge in [-0.25, -0.2) is 17.9 Å². The average Bonchev–Trinajstić information content (AvgIpc) is 2.47. The lowest BCUT2D eigenvalue weighted by Gasteiger charge is -2.23. The zero-order valence-electron chi connectivity index (χ0n) is 11.7. The number of hydrogen-bond acceptors (Lipinski definition) is 5. The molecule has 8 heteroatoms. The van der Waals surface area contributed by atoms with Crippen LogP contribution in [-0.4, -0.2) is 27.5 Å². The minimum absolute atomic E-state index is 0. The van der Waals surface area contributed by atoms with E-state index in [0.717, 1.165) is 19.4 Å². The number of halogens is 1. The molecule has 1 atom stereocenters. The van der Waals surface area contributed by atoms with Gasteiger partial charge in [-0.05, 0) is 43.7 Å². The fraction of sp³-hybridized carbons (Fsp3) is 0.357. The molecule has 1 aliphatic heterocycles. The molecule has 2 N–H and O–H groups in total. The van der Waals surface area contributed by atoms with Crippen molar-refractivity contribution >= 4 is 33.4 Å². The molecular formula is C14H17ClN2O4S. The highest BCUT2D eigenvalue weighted by molar-refractivity contribution is 7.89. The summed E-state index contributed by atoms with van der Waals surface area (Å²) in [5, 5.41) is 3.75. The molecule has 120 valence electrons. The van der Waals surface area contributed by atoms with Gasteiger partial charge >= 0.3 is 5.63 Å². The van der Waals surface area contributed by atoms with Crippen LogP contribution >= 0.6 is 12.4 Å². The molecule has 3 rings (SSSR count). The molecule has 6 nitrogen and oxygen atoms in total. The quantitative estimate of drug-likeness (QED) is 0.818. The van der Waals surface area contributed by atoms with Crippen molar-refractivity contribution in [2.75, 3.05) is 13.1 Å². The van der Waals surface area contributed by atoms with Gasteiger partial charge in [-0.2, -0.15) is 0 Å². The van der Waals surface area contributed by atoms with E-state index in [9.17, 15) is 13.2 Å². The molecule has 0 spiro atoms. The maximum Gasteiger partial charge on any atom is 0.336 e. The minimum Gasteiger partial charge on any atom is -0.423 e. The van der Waals surface area contributed by atoms with Gasteiger partial charge in [0.25, 0.3) is 0 Å². The Balaban J connectivity index is 0.00000176. The molecule has 2 heterocycles. The summed E-state index contributed by atoms with van der Waals surface area (Å²) >= 11 is 0. The first-order chi connectivity index (χ1) is 10.0. The van der Waals surface area contributed by atoms with Crippen molar-refractivity contribution in [3.8, 4) is 0 Å². The predicted octanol–water partition coefficient (Wildman–Crippen LogP) is 1.25. The number of nitrogens with one attached hydrogen (secondary N) is 2. The maximum atomic E-state index is 12.4. The number of fused-ring (bicyclic) bond motifs is 1. The first-order valence-corrected chi connectivity index (χ1v) is 8.30. The molecule has 0 amide bonds. The van der Waals surface area contributed by atoms with Gasteiger partial charge in [0.1, 0.15) is 5.58 Å². The van der Waals surface area contributed by atoms with E-state index in [0.29, 0.717) is 17.5 Å². The smallest absolute Gasteiger partial charge is 0.336 e. The molecule has 0 unspecified atom stereocenters. The Hall–Kier alpha value is -1.41. The van der Waals surface area contributed by atoms with Crippen LogP contribution in [0.1, 0.15) is 12.8 Å². The second-order valence-electron chi connectivity index (χ2n) is 5.12. The van der Waals surface area contributed by atoms with Crippen molar-refractivity contribution in [1.29, 1.82) is 0 Å². The van der Waals surface area contributed by atoms with Crippen LogP contribution in [0.25, 0.3) is 11.0 Å². The minimum atomic E-state index is -3.57. The third kappa shape index (κ3) is 3.67. The van der Waals surface area contributed by atoms with Gasteiger partial charge in [0.05, 0.1) is 4.90 Å². The van der Waals surface area contributed by atoms with Gasteiger partial charge in [-0.1, -0.05) is 0 Å². The van der Waals surface area contributed by atoms with Gasteiger partial charge in [-0.3, -0.25) is 0 Å². The first kappa shape index (κ1) is 17.0. The van der Waals surface area contributed by atoms with E-state index in [1.165, 1.54) is 24.3 Å². The summed E-state index contributed by atoms with van der Waals surface area (Å²) in [6.45, 7) is 1.56. The molecule has 0 radical (unpaired) electrons. The Morgan fingerprint density at radius 3 is 2.77 bits per heavy atom. The second-order valence-corrected chi connectivity index (χ2v) is 6.83. The Labute approximate surface area is 134 Å². The average molecular weight is 345 g/mol. The molecule has 0 saturated carbocycles. The fourth-order valence-corrected chi connectivity index (χ4v) is 3.76. The number of piperidine rings is 1. The summed E-state index contributed by atoms with van der Waals surface area (Å²) < 4.78 is 32.5. The van der Waals surface area contributed by atoms with Crippen molar-refractivity contribution in [2.45, 2.75) is 23.8 Å². The molecule has 0 bridgehead atoms. The van der Waals surface area contributed by atoms with Crippen LogP contribution in [0.5, 0.6) is 0 Å². The largest absolute Gasteiger partial charge is 0.423 e. The van der Waals surface area contributed by atoms with Crippen LogP contribution in [0, 0.1) is 0 Å². The van der Waals surface area contributed by atoms with E-state index in [2.05, 4.69) is 10.0 Å². The van der Waals surface area contributed by atoms with E-state index in [4.69, 9.17) is 4.42 Å². The molecule has 1 aliphatic rings. The van der Waals surface area contributed by atoms with Crippen LogP contribution < -0.4 is 15.7 Å². The van der Waals surface area contributed by atoms with E-state index in [1.807, 2.05) is 0 Å². The van der Waals surface area contributed by atoms with Gasteiger partial charge < -0.3 is 9.73 Å². The standard InChI is InChI=1S/C14H16N2O4S.ClH/c17-14-6-3-10-8-12(4-5-13(10)20-14)21(18,19)16-11-2-1-7-15-9-11;/h3-6,8,11,15-16H,1-2,7,9H2;1H/t11-;/m1./s1. The van der Waals surface area contributed by atoms with E-state index >= 15 is 0 Å². The summed E-state index contributed by atoms with van der Waals surface area (Å²) in [6, 6.07) is 7.21. The van der Waals surface area contributed by atoms with Gasteiger partial charge in [0, 0.05) is 24.0 Å². The van der Waals surface area contributed by atoms with Crippen LogP contribution in [-0.2, 0) is 10.0 Å². The zero-order chi connectivity index (χ0) is 14.9. The molecule has 1 aromatic carbocycles. The molecule has 1 fully saturated rings. The van der Waals surface area contributed by atoms with Crippen molar-refractivity contribution in [2.24, 2.45) is 0 Å². The molecule has 1 aromatic heterocycles. The third-order valence-corrected chi connectivity index (χ3v) is 5.04. The Bertz CT molecular complexity index is 813. The summed E-state index contributed by atoms with van der Waals surface area (Å²) in [5.41, 5.74) is -0.0784. The van der Waals surface area contributed by atoms with E-state index < -0.39 is 15.6 Å². The Kier molecular flexibility index (Phi) is 5.23. The van der Waals surface area contributed by atoms with Crippen LogP contribution in [0.3, 0.4) is 0 Å². The van der Waals surface area contributed by atoms with Crippen molar-refractivity contribution in [1.82, 2.24) is 10.0 Å². The molecule has 0 aliphatic carbocycles. The number of hydrogen-bond donors (Lipinski definition) is 2. The lowest BCUT2D eigenvalue weighted by atomic mass is 10.1. The number of benzene rings is 1. The highest BCUT2D eigenvalue weighted by Crippen LogP contribution is 2.18. The fourth-order valence-electron chi connectivity index (χ4n) is 2.46. The molecule has 22 heavy (non-hydrogen) atoms. The van der Waals surface area contributed by atoms with Crippen LogP contribution in [0.4, 0.5) is 0 Å². The zero-order valence-corrected chi connectivity index (χ0v) is 13.4. The van der Waals surface area contributed by atoms with Crippen LogP contribution in [0.15, 0.2) is 44.4 Å². The van der Waals surface area contributed by atoms with Crippen molar-refractivity contribution < 1.29 is 12.8 Å². The Morgan fingerprint density at radius 1 is 1.23 bits per heavy atom. The molecule has 2 aromatic rings. The molecule has 1 saturated heterocycles. The topological polar surface area (TPSA) is 88.4 Å². The number of rotatable bonds is 3.